The molecule has 1 heterocycles. The molecule has 0 N–H and O–H groups in total. The van der Waals surface area contributed by atoms with Gasteiger partial charge in [-0.25, -0.2) is 0 Å². The minimum atomic E-state index is -0.202. The van der Waals surface area contributed by atoms with Crippen molar-refractivity contribution in [1.82, 2.24) is 0 Å². The average Bonchev–Trinajstić information content (AvgIpc) is 2.16. The predicted octanol–water partition coefficient (Wildman–Crippen LogP) is 0.212. The molecule has 0 atom stereocenters. The number of ether oxygens (including phenoxy) is 1. The van der Waals surface area contributed by atoms with Crippen molar-refractivity contribution in [2.24, 2.45) is 0 Å². The number of benzene rings is 1. The first-order chi connectivity index (χ1) is 6.61. The molecule has 2 heteroatoms. The van der Waals surface area contributed by atoms with Gasteiger partial charge in [0.1, 0.15) is 11.4 Å². The molecule has 2 rings (SSSR count). The third-order valence-corrected chi connectivity index (χ3v) is 2.25. The van der Waals surface area contributed by atoms with E-state index in [9.17, 15) is 0 Å². The molecule has 1 aliphatic rings. The Kier molecular flexibility index (Phi) is 3.82. The molecule has 0 spiro atoms. The molecule has 1 nitrogen and oxygen atoms in total. The summed E-state index contributed by atoms with van der Waals surface area (Å²) in [5.74, 6) is 0.927. The molecular weight excluding hydrogens is 195 g/mol. The molecule has 0 fully saturated rings. The molecule has 1 aromatic rings. The molecule has 1 aromatic carbocycles. The summed E-state index contributed by atoms with van der Waals surface area (Å²) in [6.45, 7) is 7.70. The van der Waals surface area contributed by atoms with Crippen molar-refractivity contribution in [2.75, 3.05) is 0 Å². The minimum absolute atomic E-state index is 0. The molecule has 15 heavy (non-hydrogen) atoms. The monoisotopic (exact) mass is 208 g/mol. The fourth-order valence-electron chi connectivity index (χ4n) is 1.49. The van der Waals surface area contributed by atoms with Gasteiger partial charge in [0.15, 0.2) is 0 Å². The van der Waals surface area contributed by atoms with Gasteiger partial charge in [-0.1, -0.05) is 12.1 Å². The van der Waals surface area contributed by atoms with E-state index in [2.05, 4.69) is 24.8 Å². The van der Waals surface area contributed by atoms with Crippen LogP contribution in [0.5, 0.6) is 5.75 Å². The summed E-state index contributed by atoms with van der Waals surface area (Å²) < 4.78 is 5.78. The van der Waals surface area contributed by atoms with Crippen LogP contribution in [0, 0.1) is 6.08 Å². The third-order valence-electron chi connectivity index (χ3n) is 2.25. The van der Waals surface area contributed by atoms with Crippen LogP contribution in [-0.2, 0) is 0 Å². The maximum Gasteiger partial charge on any atom is 1.00 e. The molecule has 0 amide bonds. The van der Waals surface area contributed by atoms with Gasteiger partial charge in [0, 0.05) is 0 Å². The molecule has 0 aromatic heterocycles. The van der Waals surface area contributed by atoms with E-state index in [1.807, 2.05) is 32.0 Å². The summed E-state index contributed by atoms with van der Waals surface area (Å²) in [6.07, 6.45) is 7.00. The Morgan fingerprint density at radius 1 is 1.33 bits per heavy atom. The number of rotatable bonds is 1. The molecule has 0 saturated heterocycles. The zero-order valence-corrected chi connectivity index (χ0v) is 11.5. The molecule has 0 bridgehead atoms. The SMILES string of the molecule is C=[C-]c1ccc2c(c1)C=CC(C)(C)O2.[Na+]. The van der Waals surface area contributed by atoms with Crippen molar-refractivity contribution < 1.29 is 34.3 Å². The first-order valence-electron chi connectivity index (χ1n) is 4.66. The topological polar surface area (TPSA) is 9.23 Å². The van der Waals surface area contributed by atoms with Crippen molar-refractivity contribution in [2.45, 2.75) is 19.4 Å². The van der Waals surface area contributed by atoms with E-state index >= 15 is 0 Å². The first-order valence-corrected chi connectivity index (χ1v) is 4.66. The fourth-order valence-corrected chi connectivity index (χ4v) is 1.49. The van der Waals surface area contributed by atoms with E-state index in [0.717, 1.165) is 16.9 Å². The van der Waals surface area contributed by atoms with E-state index in [-0.39, 0.29) is 35.2 Å². The van der Waals surface area contributed by atoms with Crippen molar-refractivity contribution in [3.63, 3.8) is 0 Å². The molecule has 0 aliphatic carbocycles. The second kappa shape index (κ2) is 4.56. The van der Waals surface area contributed by atoms with E-state index in [1.165, 1.54) is 0 Å². The smallest absolute Gasteiger partial charge is 0.485 e. The number of hydrogen-bond donors (Lipinski definition) is 0. The van der Waals surface area contributed by atoms with Gasteiger partial charge < -0.3 is 4.74 Å². The van der Waals surface area contributed by atoms with Gasteiger partial charge >= 0.3 is 29.6 Å². The van der Waals surface area contributed by atoms with Crippen LogP contribution in [-0.4, -0.2) is 5.60 Å². The second-order valence-corrected chi connectivity index (χ2v) is 3.97. The summed E-state index contributed by atoms with van der Waals surface area (Å²) in [7, 11) is 0. The Bertz CT molecular complexity index is 405. The summed E-state index contributed by atoms with van der Waals surface area (Å²) >= 11 is 0. The van der Waals surface area contributed by atoms with Crippen LogP contribution in [0.25, 0.3) is 6.08 Å². The average molecular weight is 208 g/mol. The van der Waals surface area contributed by atoms with Crippen molar-refractivity contribution in [3.05, 3.63) is 48.1 Å². The van der Waals surface area contributed by atoms with E-state index in [0.29, 0.717) is 0 Å². The summed E-state index contributed by atoms with van der Waals surface area (Å²) in [5, 5.41) is 0. The van der Waals surface area contributed by atoms with Crippen LogP contribution < -0.4 is 34.3 Å². The van der Waals surface area contributed by atoms with Crippen LogP contribution in [0.15, 0.2) is 30.9 Å². The van der Waals surface area contributed by atoms with Crippen LogP contribution in [0.3, 0.4) is 0 Å². The van der Waals surface area contributed by atoms with Gasteiger partial charge in [0.2, 0.25) is 0 Å². The number of fused-ring (bicyclic) bond motifs is 1. The zero-order valence-electron chi connectivity index (χ0n) is 9.50. The number of hydrogen-bond acceptors (Lipinski definition) is 1. The Hall–Kier alpha value is -0.500. The summed E-state index contributed by atoms with van der Waals surface area (Å²) in [4.78, 5) is 0. The first kappa shape index (κ1) is 12.6. The Morgan fingerprint density at radius 3 is 2.73 bits per heavy atom. The van der Waals surface area contributed by atoms with Gasteiger partial charge in [-0.3, -0.25) is 0 Å². The predicted molar refractivity (Wildman–Crippen MR) is 58.2 cm³/mol. The van der Waals surface area contributed by atoms with Gasteiger partial charge in [0.05, 0.1) is 0 Å². The molecule has 72 valence electrons. The molecular formula is C13H13NaO. The largest absolute Gasteiger partial charge is 1.00 e. The van der Waals surface area contributed by atoms with Crippen molar-refractivity contribution in [3.8, 4) is 5.75 Å². The Balaban J connectivity index is 0.00000112. The van der Waals surface area contributed by atoms with Gasteiger partial charge in [-0.15, -0.1) is 0 Å². The Labute approximate surface area is 113 Å². The zero-order chi connectivity index (χ0) is 10.2. The minimum Gasteiger partial charge on any atom is -0.485 e. The maximum atomic E-state index is 5.78. The Morgan fingerprint density at radius 2 is 2.07 bits per heavy atom. The normalized spacial score (nSPS) is 15.9. The summed E-state index contributed by atoms with van der Waals surface area (Å²) in [5.41, 5.74) is 1.89. The quantitative estimate of drug-likeness (QED) is 0.473. The standard InChI is InChI=1S/C13H13O.Na/c1-4-10-5-6-12-11(9-10)7-8-13(2,3)14-12;/h5-9H,1H2,2-3H3;/q-1;+1. The van der Waals surface area contributed by atoms with Crippen LogP contribution >= 0.6 is 0 Å². The molecule has 0 saturated carbocycles. The van der Waals surface area contributed by atoms with Crippen molar-refractivity contribution in [1.29, 1.82) is 0 Å². The molecule has 1 aliphatic heterocycles. The van der Waals surface area contributed by atoms with Crippen LogP contribution in [0.4, 0.5) is 0 Å². The second-order valence-electron chi connectivity index (χ2n) is 3.97. The van der Waals surface area contributed by atoms with Gasteiger partial charge in [-0.2, -0.15) is 30.4 Å². The van der Waals surface area contributed by atoms with Gasteiger partial charge in [-0.05, 0) is 25.5 Å². The van der Waals surface area contributed by atoms with Crippen molar-refractivity contribution >= 4 is 6.08 Å². The summed E-state index contributed by atoms with van der Waals surface area (Å²) in [6, 6.07) is 5.95. The van der Waals surface area contributed by atoms with E-state index in [1.54, 1.807) is 0 Å². The van der Waals surface area contributed by atoms with E-state index in [4.69, 9.17) is 4.74 Å². The van der Waals surface area contributed by atoms with Gasteiger partial charge in [0.25, 0.3) is 0 Å². The fraction of sp³-hybridized carbons (Fsp3) is 0.231. The third kappa shape index (κ3) is 2.75. The molecule has 0 radical (unpaired) electrons. The van der Waals surface area contributed by atoms with Crippen LogP contribution in [0.2, 0.25) is 0 Å². The molecule has 0 unspecified atom stereocenters. The van der Waals surface area contributed by atoms with E-state index < -0.39 is 0 Å². The maximum absolute atomic E-state index is 5.78. The van der Waals surface area contributed by atoms with Crippen LogP contribution in [0.1, 0.15) is 25.0 Å².